The number of methoxy groups -OCH3 is 1. The molecule has 0 saturated heterocycles. The van der Waals surface area contributed by atoms with Gasteiger partial charge < -0.3 is 20.1 Å². The number of aliphatic hydroxyl groups excluding tert-OH is 1. The van der Waals surface area contributed by atoms with Crippen LogP contribution in [0.4, 0.5) is 5.69 Å². The summed E-state index contributed by atoms with van der Waals surface area (Å²) in [6, 6.07) is 7.08. The van der Waals surface area contributed by atoms with Gasteiger partial charge in [-0.2, -0.15) is 0 Å². The van der Waals surface area contributed by atoms with Crippen molar-refractivity contribution in [1.29, 1.82) is 0 Å². The Morgan fingerprint density at radius 1 is 1.32 bits per heavy atom. The normalized spacial score (nSPS) is 21.0. The van der Waals surface area contributed by atoms with Crippen LogP contribution < -0.4 is 10.1 Å². The number of benzene rings is 1. The molecule has 5 nitrogen and oxygen atoms in total. The van der Waals surface area contributed by atoms with Crippen molar-refractivity contribution in [3.8, 4) is 5.75 Å². The number of hydrogen-bond donors (Lipinski definition) is 3. The van der Waals surface area contributed by atoms with Crippen molar-refractivity contribution in [3.05, 3.63) is 23.9 Å². The van der Waals surface area contributed by atoms with Gasteiger partial charge in [-0.1, -0.05) is 12.8 Å². The van der Waals surface area contributed by atoms with E-state index in [1.807, 2.05) is 0 Å². The third-order valence-electron chi connectivity index (χ3n) is 5.06. The van der Waals surface area contributed by atoms with Crippen LogP contribution in [-0.4, -0.2) is 46.7 Å². The summed E-state index contributed by atoms with van der Waals surface area (Å²) in [5, 5.41) is 15.0. The lowest BCUT2D eigenvalue weighted by molar-refractivity contribution is 0.280. The van der Waals surface area contributed by atoms with Gasteiger partial charge in [0.2, 0.25) is 0 Å². The number of rotatable bonds is 6. The van der Waals surface area contributed by atoms with Crippen LogP contribution in [0.3, 0.4) is 0 Å². The summed E-state index contributed by atoms with van der Waals surface area (Å²) in [6.45, 7) is 0.196. The number of fused-ring (bicyclic) bond motifs is 1. The monoisotopic (exact) mass is 359 g/mol. The topological polar surface area (TPSA) is 69.6 Å². The predicted octanol–water partition coefficient (Wildman–Crippen LogP) is 3.78. The third-order valence-corrected chi connectivity index (χ3v) is 6.21. The number of aromatic nitrogens is 1. The number of nitrogens with one attached hydrogen (secondary N) is 2. The highest BCUT2D eigenvalue weighted by Crippen LogP contribution is 2.34. The maximum Gasteiger partial charge on any atom is 0.121 e. The summed E-state index contributed by atoms with van der Waals surface area (Å²) < 4.78 is 5.49. The molecule has 0 spiro atoms. The number of thioether (sulfide) groups is 1. The molecule has 1 aromatic heterocycles. The second-order valence-corrected chi connectivity index (χ2v) is 7.87. The van der Waals surface area contributed by atoms with Crippen molar-refractivity contribution in [3.63, 3.8) is 0 Å². The lowest BCUT2D eigenvalue weighted by atomic mass is 10.1. The quantitative estimate of drug-likeness (QED) is 0.734. The number of ether oxygens (including phenoxy) is 1. The van der Waals surface area contributed by atoms with E-state index in [-0.39, 0.29) is 12.6 Å². The molecule has 1 aliphatic heterocycles. The number of aromatic amines is 1. The second kappa shape index (κ2) is 7.30. The molecule has 1 aromatic carbocycles. The highest BCUT2D eigenvalue weighted by Gasteiger charge is 2.22. The molecule has 4 rings (SSSR count). The number of H-pyrrole nitrogens is 1. The molecule has 1 fully saturated rings. The molecule has 1 aliphatic carbocycles. The molecule has 0 bridgehead atoms. The van der Waals surface area contributed by atoms with Crippen LogP contribution in [0.15, 0.2) is 23.2 Å². The maximum atomic E-state index is 9.12. The minimum Gasteiger partial charge on any atom is -0.497 e. The molecule has 1 unspecified atom stereocenters. The first kappa shape index (κ1) is 16.8. The highest BCUT2D eigenvalue weighted by molar-refractivity contribution is 8.14. The standard InChI is InChI=1S/C19H25N3O2S/c1-24-15-8-12-9-17(19-21-14(6-7-23)11-25-19)22-18(12)16(10-15)20-13-4-2-3-5-13/h8-10,13-14,20,22-23H,2-7,11H2,1H3. The van der Waals surface area contributed by atoms with E-state index in [0.717, 1.165) is 45.3 Å². The summed E-state index contributed by atoms with van der Waals surface area (Å²) in [6.07, 6.45) is 5.81. The van der Waals surface area contributed by atoms with E-state index in [1.165, 1.54) is 25.7 Å². The Hall–Kier alpha value is -1.66. The fraction of sp³-hybridized carbons (Fsp3) is 0.526. The van der Waals surface area contributed by atoms with Crippen LogP contribution in [0.25, 0.3) is 10.9 Å². The molecular weight excluding hydrogens is 334 g/mol. The van der Waals surface area contributed by atoms with E-state index in [9.17, 15) is 0 Å². The lowest BCUT2D eigenvalue weighted by Gasteiger charge is -2.15. The van der Waals surface area contributed by atoms with Crippen LogP contribution in [0, 0.1) is 0 Å². The van der Waals surface area contributed by atoms with Gasteiger partial charge in [-0.05, 0) is 31.4 Å². The fourth-order valence-corrected chi connectivity index (χ4v) is 4.79. The Morgan fingerprint density at radius 2 is 2.16 bits per heavy atom. The van der Waals surface area contributed by atoms with Gasteiger partial charge in [0.1, 0.15) is 10.8 Å². The zero-order valence-corrected chi connectivity index (χ0v) is 15.4. The number of aliphatic imine (C=N–C) groups is 1. The van der Waals surface area contributed by atoms with Crippen LogP contribution in [-0.2, 0) is 0 Å². The molecule has 6 heteroatoms. The van der Waals surface area contributed by atoms with E-state index < -0.39 is 0 Å². The number of anilines is 1. The van der Waals surface area contributed by atoms with E-state index in [4.69, 9.17) is 14.8 Å². The van der Waals surface area contributed by atoms with Crippen LogP contribution in [0.2, 0.25) is 0 Å². The lowest BCUT2D eigenvalue weighted by Crippen LogP contribution is -2.14. The molecule has 134 valence electrons. The Kier molecular flexibility index (Phi) is 4.90. The summed E-state index contributed by atoms with van der Waals surface area (Å²) in [7, 11) is 1.71. The van der Waals surface area contributed by atoms with Gasteiger partial charge in [0.15, 0.2) is 0 Å². The van der Waals surface area contributed by atoms with Gasteiger partial charge in [-0.15, -0.1) is 11.8 Å². The van der Waals surface area contributed by atoms with Crippen molar-refractivity contribution in [2.75, 3.05) is 24.8 Å². The predicted molar refractivity (Wildman–Crippen MR) is 105 cm³/mol. The van der Waals surface area contributed by atoms with E-state index in [0.29, 0.717) is 6.04 Å². The average Bonchev–Trinajstić information content (AvgIpc) is 3.34. The van der Waals surface area contributed by atoms with E-state index in [2.05, 4.69) is 28.5 Å². The van der Waals surface area contributed by atoms with Crippen LogP contribution >= 0.6 is 11.8 Å². The molecule has 1 atom stereocenters. The summed E-state index contributed by atoms with van der Waals surface area (Å²) in [5.41, 5.74) is 3.29. The van der Waals surface area contributed by atoms with E-state index in [1.54, 1.807) is 18.9 Å². The molecule has 25 heavy (non-hydrogen) atoms. The Morgan fingerprint density at radius 3 is 2.92 bits per heavy atom. The van der Waals surface area contributed by atoms with Crippen LogP contribution in [0.5, 0.6) is 5.75 Å². The third kappa shape index (κ3) is 3.51. The maximum absolute atomic E-state index is 9.12. The van der Waals surface area contributed by atoms with Gasteiger partial charge in [0.25, 0.3) is 0 Å². The Labute approximate surface area is 152 Å². The fourth-order valence-electron chi connectivity index (χ4n) is 3.71. The molecule has 0 amide bonds. The zero-order chi connectivity index (χ0) is 17.2. The van der Waals surface area contributed by atoms with Crippen LogP contribution in [0.1, 0.15) is 37.8 Å². The van der Waals surface area contributed by atoms with Gasteiger partial charge in [-0.3, -0.25) is 4.99 Å². The summed E-state index contributed by atoms with van der Waals surface area (Å²) >= 11 is 1.76. The number of hydrogen-bond acceptors (Lipinski definition) is 5. The largest absolute Gasteiger partial charge is 0.497 e. The Bertz CT molecular complexity index is 780. The summed E-state index contributed by atoms with van der Waals surface area (Å²) in [5.74, 6) is 1.82. The smallest absolute Gasteiger partial charge is 0.121 e. The molecule has 2 heterocycles. The molecule has 0 radical (unpaired) electrons. The summed E-state index contributed by atoms with van der Waals surface area (Å²) in [4.78, 5) is 8.32. The number of aliphatic hydroxyl groups is 1. The van der Waals surface area contributed by atoms with Crippen molar-refractivity contribution in [2.24, 2.45) is 4.99 Å². The van der Waals surface area contributed by atoms with Gasteiger partial charge in [0, 0.05) is 29.9 Å². The molecular formula is C19H25N3O2S. The number of nitrogens with zero attached hydrogens (tertiary/aromatic N) is 1. The van der Waals surface area contributed by atoms with E-state index >= 15 is 0 Å². The van der Waals surface area contributed by atoms with Crippen molar-refractivity contribution >= 4 is 33.4 Å². The minimum atomic E-state index is 0.196. The minimum absolute atomic E-state index is 0.196. The molecule has 2 aliphatic rings. The van der Waals surface area contributed by atoms with Gasteiger partial charge >= 0.3 is 0 Å². The SMILES string of the molecule is COc1cc(NC2CCCC2)c2[nH]c(C3=NC(CCO)CS3)cc2c1. The Balaban J connectivity index is 1.67. The first-order valence-electron chi connectivity index (χ1n) is 9.06. The van der Waals surface area contributed by atoms with Gasteiger partial charge in [0.05, 0.1) is 30.0 Å². The van der Waals surface area contributed by atoms with Crippen molar-refractivity contribution < 1.29 is 9.84 Å². The average molecular weight is 359 g/mol. The van der Waals surface area contributed by atoms with Crippen molar-refractivity contribution in [2.45, 2.75) is 44.2 Å². The second-order valence-electron chi connectivity index (χ2n) is 6.86. The molecule has 2 aromatic rings. The highest BCUT2D eigenvalue weighted by atomic mass is 32.2. The molecule has 1 saturated carbocycles. The molecule has 3 N–H and O–H groups in total. The first-order valence-corrected chi connectivity index (χ1v) is 10.0. The van der Waals surface area contributed by atoms with Crippen molar-refractivity contribution in [1.82, 2.24) is 4.98 Å². The van der Waals surface area contributed by atoms with Gasteiger partial charge in [-0.25, -0.2) is 0 Å². The first-order chi connectivity index (χ1) is 12.3. The zero-order valence-electron chi connectivity index (χ0n) is 14.5.